The molecule has 2 aromatic carbocycles. The van der Waals surface area contributed by atoms with Crippen LogP contribution in [0.4, 0.5) is 0 Å². The third-order valence-corrected chi connectivity index (χ3v) is 3.12. The Morgan fingerprint density at radius 2 is 1.44 bits per heavy atom. The van der Waals surface area contributed by atoms with Gasteiger partial charge in [0.2, 0.25) is 0 Å². The lowest BCUT2D eigenvalue weighted by Gasteiger charge is -2.18. The van der Waals surface area contributed by atoms with E-state index >= 15 is 0 Å². The van der Waals surface area contributed by atoms with Crippen LogP contribution in [0.2, 0.25) is 0 Å². The van der Waals surface area contributed by atoms with Gasteiger partial charge in [0.25, 0.3) is 0 Å². The molecule has 0 saturated heterocycles. The summed E-state index contributed by atoms with van der Waals surface area (Å²) < 4.78 is 0. The van der Waals surface area contributed by atoms with Gasteiger partial charge in [0.1, 0.15) is 0 Å². The fourth-order valence-corrected chi connectivity index (χ4v) is 2.41. The van der Waals surface area contributed by atoms with E-state index < -0.39 is 0 Å². The number of rotatable bonds is 3. The second-order valence-electron chi connectivity index (χ2n) is 4.93. The lowest BCUT2D eigenvalue weighted by atomic mass is 9.95. The lowest BCUT2D eigenvalue weighted by molar-refractivity contribution is 0.635. The zero-order valence-corrected chi connectivity index (χ0v) is 11.2. The maximum absolute atomic E-state index is 5.74. The second kappa shape index (κ2) is 5.34. The van der Waals surface area contributed by atoms with E-state index in [9.17, 15) is 0 Å². The van der Waals surface area contributed by atoms with Crippen LogP contribution in [0.5, 0.6) is 0 Å². The predicted octanol–water partition coefficient (Wildman–Crippen LogP) is 3.16. The Morgan fingerprint density at radius 3 is 2.00 bits per heavy atom. The van der Waals surface area contributed by atoms with E-state index in [0.29, 0.717) is 0 Å². The van der Waals surface area contributed by atoms with Gasteiger partial charge < -0.3 is 0 Å². The van der Waals surface area contributed by atoms with E-state index in [2.05, 4.69) is 68.7 Å². The summed E-state index contributed by atoms with van der Waals surface area (Å²) >= 11 is 0. The average Bonchev–Trinajstić information content (AvgIpc) is 2.28. The summed E-state index contributed by atoms with van der Waals surface area (Å²) in [4.78, 5) is 0. The van der Waals surface area contributed by atoms with Crippen LogP contribution in [0.1, 0.15) is 33.9 Å². The van der Waals surface area contributed by atoms with E-state index in [1.165, 1.54) is 27.8 Å². The summed E-state index contributed by atoms with van der Waals surface area (Å²) in [7, 11) is 0. The summed E-state index contributed by atoms with van der Waals surface area (Å²) in [6.07, 6.45) is 0. The number of aryl methyl sites for hydroxylation is 3. The molecule has 0 aromatic heterocycles. The Bertz CT molecular complexity index is 526. The summed E-state index contributed by atoms with van der Waals surface area (Å²) in [5, 5.41) is 0. The molecule has 1 atom stereocenters. The molecule has 2 heteroatoms. The first-order valence-electron chi connectivity index (χ1n) is 6.21. The molecule has 0 bridgehead atoms. The van der Waals surface area contributed by atoms with Gasteiger partial charge in [-0.1, -0.05) is 59.2 Å². The third-order valence-electron chi connectivity index (χ3n) is 3.12. The highest BCUT2D eigenvalue weighted by Gasteiger charge is 2.12. The third kappa shape index (κ3) is 2.78. The first kappa shape index (κ1) is 12.8. The van der Waals surface area contributed by atoms with Crippen molar-refractivity contribution in [3.05, 3.63) is 70.3 Å². The maximum Gasteiger partial charge on any atom is 0.0710 e. The molecule has 2 nitrogen and oxygen atoms in total. The first-order valence-corrected chi connectivity index (χ1v) is 6.21. The molecule has 3 N–H and O–H groups in total. The second-order valence-corrected chi connectivity index (χ2v) is 4.93. The quantitative estimate of drug-likeness (QED) is 0.639. The van der Waals surface area contributed by atoms with Crippen molar-refractivity contribution in [2.45, 2.75) is 26.8 Å². The van der Waals surface area contributed by atoms with Crippen LogP contribution in [0.15, 0.2) is 42.5 Å². The van der Waals surface area contributed by atoms with Crippen molar-refractivity contribution in [2.75, 3.05) is 0 Å². The molecule has 0 spiro atoms. The van der Waals surface area contributed by atoms with Crippen LogP contribution in [-0.2, 0) is 0 Å². The van der Waals surface area contributed by atoms with Crippen molar-refractivity contribution in [3.63, 3.8) is 0 Å². The fourth-order valence-electron chi connectivity index (χ4n) is 2.41. The number of hydrogen-bond acceptors (Lipinski definition) is 2. The van der Waals surface area contributed by atoms with E-state index in [1.807, 2.05) is 0 Å². The number of hydrazine groups is 1. The Balaban J connectivity index is 2.45. The molecule has 0 aliphatic rings. The Hall–Kier alpha value is -1.64. The molecule has 0 aliphatic heterocycles. The summed E-state index contributed by atoms with van der Waals surface area (Å²) in [5.41, 5.74) is 9.09. The Labute approximate surface area is 109 Å². The topological polar surface area (TPSA) is 38.0 Å². The van der Waals surface area contributed by atoms with Crippen LogP contribution in [0.25, 0.3) is 0 Å². The van der Waals surface area contributed by atoms with Crippen molar-refractivity contribution >= 4 is 0 Å². The Kier molecular flexibility index (Phi) is 3.80. The average molecular weight is 240 g/mol. The molecule has 0 radical (unpaired) electrons. The van der Waals surface area contributed by atoms with Gasteiger partial charge in [-0.15, -0.1) is 0 Å². The van der Waals surface area contributed by atoms with Crippen LogP contribution >= 0.6 is 0 Å². The standard InChI is InChI=1S/C16H20N2/c1-11-5-4-6-14(8-11)16(18-17)15-9-12(2)7-13(3)10-15/h4-10,16,18H,17H2,1-3H3. The zero-order chi connectivity index (χ0) is 13.1. The van der Waals surface area contributed by atoms with E-state index in [1.54, 1.807) is 0 Å². The van der Waals surface area contributed by atoms with Gasteiger partial charge in [-0.25, -0.2) is 5.43 Å². The van der Waals surface area contributed by atoms with Crippen molar-refractivity contribution in [2.24, 2.45) is 5.84 Å². The van der Waals surface area contributed by atoms with Crippen molar-refractivity contribution in [1.82, 2.24) is 5.43 Å². The molecule has 0 heterocycles. The first-order chi connectivity index (χ1) is 8.60. The number of nitrogens with two attached hydrogens (primary N) is 1. The predicted molar refractivity (Wildman–Crippen MR) is 76.3 cm³/mol. The molecular formula is C16H20N2. The molecular weight excluding hydrogens is 220 g/mol. The highest BCUT2D eigenvalue weighted by Crippen LogP contribution is 2.24. The minimum Gasteiger partial charge on any atom is -0.271 e. The summed E-state index contributed by atoms with van der Waals surface area (Å²) in [5.74, 6) is 5.74. The van der Waals surface area contributed by atoms with Gasteiger partial charge in [0.05, 0.1) is 6.04 Å². The van der Waals surface area contributed by atoms with Gasteiger partial charge in [-0.2, -0.15) is 0 Å². The van der Waals surface area contributed by atoms with Gasteiger partial charge in [0, 0.05) is 0 Å². The van der Waals surface area contributed by atoms with Crippen LogP contribution < -0.4 is 11.3 Å². The van der Waals surface area contributed by atoms with Crippen molar-refractivity contribution < 1.29 is 0 Å². The highest BCUT2D eigenvalue weighted by atomic mass is 15.2. The van der Waals surface area contributed by atoms with Crippen LogP contribution in [0.3, 0.4) is 0 Å². The van der Waals surface area contributed by atoms with Gasteiger partial charge in [-0.3, -0.25) is 5.84 Å². The molecule has 1 unspecified atom stereocenters. The molecule has 2 rings (SSSR count). The SMILES string of the molecule is Cc1cccc(C(NN)c2cc(C)cc(C)c2)c1. The normalized spacial score (nSPS) is 12.4. The molecule has 0 fully saturated rings. The van der Waals surface area contributed by atoms with Crippen LogP contribution in [0, 0.1) is 20.8 Å². The lowest BCUT2D eigenvalue weighted by Crippen LogP contribution is -2.29. The Morgan fingerprint density at radius 1 is 0.833 bits per heavy atom. The molecule has 94 valence electrons. The maximum atomic E-state index is 5.74. The minimum absolute atomic E-state index is 0.0449. The minimum atomic E-state index is 0.0449. The summed E-state index contributed by atoms with van der Waals surface area (Å²) in [6.45, 7) is 6.32. The number of benzene rings is 2. The molecule has 2 aromatic rings. The molecule has 0 aliphatic carbocycles. The molecule has 0 amide bonds. The van der Waals surface area contributed by atoms with Crippen LogP contribution in [-0.4, -0.2) is 0 Å². The van der Waals surface area contributed by atoms with Gasteiger partial charge in [-0.05, 0) is 31.9 Å². The van der Waals surface area contributed by atoms with E-state index in [0.717, 1.165) is 0 Å². The molecule has 18 heavy (non-hydrogen) atoms. The smallest absolute Gasteiger partial charge is 0.0710 e. The summed E-state index contributed by atoms with van der Waals surface area (Å²) in [6, 6.07) is 15.0. The van der Waals surface area contributed by atoms with E-state index in [4.69, 9.17) is 5.84 Å². The van der Waals surface area contributed by atoms with Gasteiger partial charge in [0.15, 0.2) is 0 Å². The van der Waals surface area contributed by atoms with Crippen molar-refractivity contribution in [1.29, 1.82) is 0 Å². The number of nitrogens with one attached hydrogen (secondary N) is 1. The number of hydrogen-bond donors (Lipinski definition) is 2. The van der Waals surface area contributed by atoms with Crippen molar-refractivity contribution in [3.8, 4) is 0 Å². The monoisotopic (exact) mass is 240 g/mol. The zero-order valence-electron chi connectivity index (χ0n) is 11.2. The van der Waals surface area contributed by atoms with Gasteiger partial charge >= 0.3 is 0 Å². The largest absolute Gasteiger partial charge is 0.271 e. The van der Waals surface area contributed by atoms with E-state index in [-0.39, 0.29) is 6.04 Å². The molecule has 0 saturated carbocycles. The highest BCUT2D eigenvalue weighted by molar-refractivity contribution is 5.37. The fraction of sp³-hybridized carbons (Fsp3) is 0.250.